The molecule has 0 aliphatic heterocycles. The number of amides is 1. The largest absolute Gasteiger partial charge is 0.481 e. The van der Waals surface area contributed by atoms with E-state index < -0.39 is 17.4 Å². The summed E-state index contributed by atoms with van der Waals surface area (Å²) in [4.78, 5) is 36.5. The minimum absolute atomic E-state index is 0.0535. The molecular weight excluding hydrogens is 346 g/mol. The summed E-state index contributed by atoms with van der Waals surface area (Å²) in [7, 11) is 0. The van der Waals surface area contributed by atoms with Gasteiger partial charge in [-0.25, -0.2) is 0 Å². The molecule has 0 radical (unpaired) electrons. The Balaban J connectivity index is 2.86. The molecule has 1 aromatic rings. The zero-order valence-corrected chi connectivity index (χ0v) is 16.7. The Morgan fingerprint density at radius 1 is 1.00 bits per heavy atom. The van der Waals surface area contributed by atoms with Crippen LogP contribution in [0.2, 0.25) is 0 Å². The van der Waals surface area contributed by atoms with Crippen LogP contribution in [-0.4, -0.2) is 34.6 Å². The molecular formula is C21H31NO5. The van der Waals surface area contributed by atoms with E-state index >= 15 is 0 Å². The second-order valence-electron chi connectivity index (χ2n) is 7.73. The summed E-state index contributed by atoms with van der Waals surface area (Å²) in [5.74, 6) is -1.76. The third-order valence-electron chi connectivity index (χ3n) is 4.75. The van der Waals surface area contributed by atoms with E-state index in [1.165, 1.54) is 0 Å². The average molecular weight is 377 g/mol. The zero-order valence-electron chi connectivity index (χ0n) is 16.7. The number of rotatable bonds is 11. The quantitative estimate of drug-likeness (QED) is 0.564. The number of carbonyl (C=O) groups is 3. The molecule has 0 saturated carbocycles. The summed E-state index contributed by atoms with van der Waals surface area (Å²) in [6.45, 7) is 7.72. The molecule has 1 amide bonds. The smallest absolute Gasteiger partial charge is 0.309 e. The van der Waals surface area contributed by atoms with Crippen molar-refractivity contribution in [1.29, 1.82) is 0 Å². The molecule has 6 nitrogen and oxygen atoms in total. The highest BCUT2D eigenvalue weighted by Gasteiger charge is 2.27. The molecule has 2 N–H and O–H groups in total. The molecule has 6 heteroatoms. The highest BCUT2D eigenvalue weighted by atomic mass is 16.4. The van der Waals surface area contributed by atoms with Gasteiger partial charge in [0, 0.05) is 25.1 Å². The number of hydrogen-bond acceptors (Lipinski definition) is 3. The van der Waals surface area contributed by atoms with Crippen molar-refractivity contribution in [2.24, 2.45) is 5.41 Å². The zero-order chi connectivity index (χ0) is 20.6. The van der Waals surface area contributed by atoms with Crippen molar-refractivity contribution in [3.8, 4) is 0 Å². The van der Waals surface area contributed by atoms with E-state index in [0.717, 1.165) is 16.8 Å². The number of anilines is 1. The number of benzene rings is 1. The summed E-state index contributed by atoms with van der Waals surface area (Å²) >= 11 is 0. The Labute approximate surface area is 161 Å². The molecule has 0 fully saturated rings. The monoisotopic (exact) mass is 377 g/mol. The van der Waals surface area contributed by atoms with Crippen LogP contribution >= 0.6 is 0 Å². The fourth-order valence-corrected chi connectivity index (χ4v) is 2.86. The molecule has 0 aromatic heterocycles. The fourth-order valence-electron chi connectivity index (χ4n) is 2.86. The highest BCUT2D eigenvalue weighted by molar-refractivity contribution is 5.94. The van der Waals surface area contributed by atoms with Gasteiger partial charge in [0.15, 0.2) is 0 Å². The minimum atomic E-state index is -0.857. The van der Waals surface area contributed by atoms with Crippen molar-refractivity contribution in [1.82, 2.24) is 0 Å². The van der Waals surface area contributed by atoms with Gasteiger partial charge in [-0.15, -0.1) is 0 Å². The summed E-state index contributed by atoms with van der Waals surface area (Å²) in [5.41, 5.74) is 2.03. The van der Waals surface area contributed by atoms with Gasteiger partial charge in [0.2, 0.25) is 5.91 Å². The summed E-state index contributed by atoms with van der Waals surface area (Å²) in [6, 6.07) is 5.92. The second-order valence-corrected chi connectivity index (χ2v) is 7.73. The predicted molar refractivity (Wildman–Crippen MR) is 105 cm³/mol. The maximum Gasteiger partial charge on any atom is 0.309 e. The Bertz CT molecular complexity index is 681. The van der Waals surface area contributed by atoms with E-state index in [4.69, 9.17) is 5.11 Å². The molecule has 0 spiro atoms. The lowest BCUT2D eigenvalue weighted by Crippen LogP contribution is -2.34. The van der Waals surface area contributed by atoms with Gasteiger partial charge in [0.05, 0.1) is 5.41 Å². The lowest BCUT2D eigenvalue weighted by atomic mass is 9.88. The molecule has 0 saturated heterocycles. The highest BCUT2D eigenvalue weighted by Crippen LogP contribution is 2.26. The third kappa shape index (κ3) is 7.41. The number of hydrogen-bond donors (Lipinski definition) is 2. The van der Waals surface area contributed by atoms with Crippen LogP contribution in [0, 0.1) is 19.3 Å². The first-order chi connectivity index (χ1) is 12.5. The van der Waals surface area contributed by atoms with Crippen LogP contribution in [0.1, 0.15) is 63.5 Å². The number of nitrogens with zero attached hydrogens (tertiary/aromatic N) is 1. The molecule has 0 aliphatic rings. The van der Waals surface area contributed by atoms with Gasteiger partial charge in [-0.3, -0.25) is 14.4 Å². The first-order valence-corrected chi connectivity index (χ1v) is 9.37. The van der Waals surface area contributed by atoms with E-state index in [1.807, 2.05) is 32.0 Å². The van der Waals surface area contributed by atoms with Crippen molar-refractivity contribution < 1.29 is 24.6 Å². The molecule has 1 aromatic carbocycles. The van der Waals surface area contributed by atoms with Crippen molar-refractivity contribution in [3.05, 3.63) is 29.3 Å². The van der Waals surface area contributed by atoms with E-state index in [-0.39, 0.29) is 18.7 Å². The van der Waals surface area contributed by atoms with Gasteiger partial charge >= 0.3 is 11.9 Å². The normalized spacial score (nSPS) is 11.3. The standard InChI is InChI=1S/C21H31NO5/c1-15-10-11-16(2)17(14-15)22(13-7-12-21(3,4)20(26)27)18(23)8-5-6-9-19(24)25/h10-11,14H,5-9,12-13H2,1-4H3,(H,24,25)(H,26,27). The molecule has 0 aliphatic carbocycles. The molecule has 0 bridgehead atoms. The van der Waals surface area contributed by atoms with Crippen LogP contribution in [0.4, 0.5) is 5.69 Å². The first-order valence-electron chi connectivity index (χ1n) is 9.37. The fraction of sp³-hybridized carbons (Fsp3) is 0.571. The number of unbranched alkanes of at least 4 members (excludes halogenated alkanes) is 1. The molecule has 0 heterocycles. The van der Waals surface area contributed by atoms with Crippen LogP contribution in [0.5, 0.6) is 0 Å². The van der Waals surface area contributed by atoms with Crippen molar-refractivity contribution in [2.75, 3.05) is 11.4 Å². The number of carbonyl (C=O) groups excluding carboxylic acids is 1. The Morgan fingerprint density at radius 2 is 1.63 bits per heavy atom. The average Bonchev–Trinajstić information content (AvgIpc) is 2.57. The van der Waals surface area contributed by atoms with Crippen LogP contribution in [0.3, 0.4) is 0 Å². The van der Waals surface area contributed by atoms with Crippen LogP contribution in [0.25, 0.3) is 0 Å². The van der Waals surface area contributed by atoms with Crippen LogP contribution in [0.15, 0.2) is 18.2 Å². The van der Waals surface area contributed by atoms with E-state index in [9.17, 15) is 19.5 Å². The number of aliphatic carboxylic acids is 2. The number of carboxylic acids is 2. The van der Waals surface area contributed by atoms with Gasteiger partial charge in [0.25, 0.3) is 0 Å². The van der Waals surface area contributed by atoms with Crippen molar-refractivity contribution >= 4 is 23.5 Å². The minimum Gasteiger partial charge on any atom is -0.481 e. The molecule has 0 atom stereocenters. The van der Waals surface area contributed by atoms with Gasteiger partial charge < -0.3 is 15.1 Å². The summed E-state index contributed by atoms with van der Waals surface area (Å²) in [6.07, 6.45) is 2.37. The Morgan fingerprint density at radius 3 is 2.22 bits per heavy atom. The SMILES string of the molecule is Cc1ccc(C)c(N(CCCC(C)(C)C(=O)O)C(=O)CCCCC(=O)O)c1. The van der Waals surface area contributed by atoms with Crippen molar-refractivity contribution in [3.63, 3.8) is 0 Å². The van der Waals surface area contributed by atoms with Gasteiger partial charge in [-0.2, -0.15) is 0 Å². The third-order valence-corrected chi connectivity index (χ3v) is 4.75. The van der Waals surface area contributed by atoms with Gasteiger partial charge in [-0.1, -0.05) is 12.1 Å². The Hall–Kier alpha value is -2.37. The number of aryl methyl sites for hydroxylation is 2. The molecule has 150 valence electrons. The first kappa shape index (κ1) is 22.7. The van der Waals surface area contributed by atoms with E-state index in [0.29, 0.717) is 32.2 Å². The maximum absolute atomic E-state index is 12.8. The molecule has 27 heavy (non-hydrogen) atoms. The summed E-state index contributed by atoms with van der Waals surface area (Å²) in [5, 5.41) is 18.0. The van der Waals surface area contributed by atoms with Gasteiger partial charge in [0.1, 0.15) is 0 Å². The molecule has 0 unspecified atom stereocenters. The van der Waals surface area contributed by atoms with Crippen LogP contribution < -0.4 is 4.90 Å². The topological polar surface area (TPSA) is 94.9 Å². The summed E-state index contributed by atoms with van der Waals surface area (Å²) < 4.78 is 0. The second kappa shape index (κ2) is 10.1. The Kier molecular flexibility index (Phi) is 8.47. The van der Waals surface area contributed by atoms with E-state index in [2.05, 4.69) is 0 Å². The maximum atomic E-state index is 12.8. The van der Waals surface area contributed by atoms with E-state index in [1.54, 1.807) is 18.7 Å². The predicted octanol–water partition coefficient (Wildman–Crippen LogP) is 4.17. The van der Waals surface area contributed by atoms with Crippen LogP contribution in [-0.2, 0) is 14.4 Å². The number of carboxylic acid groups (broad SMARTS) is 2. The lowest BCUT2D eigenvalue weighted by molar-refractivity contribution is -0.147. The van der Waals surface area contributed by atoms with Crippen molar-refractivity contribution in [2.45, 2.75) is 66.2 Å². The lowest BCUT2D eigenvalue weighted by Gasteiger charge is -2.27. The molecule has 1 rings (SSSR count). The van der Waals surface area contributed by atoms with Gasteiger partial charge in [-0.05, 0) is 70.6 Å².